The summed E-state index contributed by atoms with van der Waals surface area (Å²) >= 11 is 7.51. The third-order valence-corrected chi connectivity index (χ3v) is 3.58. The van der Waals surface area contributed by atoms with E-state index in [4.69, 9.17) is 21.1 Å². The van der Waals surface area contributed by atoms with E-state index in [1.165, 1.54) is 11.3 Å². The monoisotopic (exact) mass is 268 g/mol. The molecule has 0 radical (unpaired) electrons. The molecule has 6 heteroatoms. The Morgan fingerprint density at radius 2 is 2.24 bits per heavy atom. The van der Waals surface area contributed by atoms with E-state index in [2.05, 4.69) is 9.97 Å². The molecule has 0 amide bonds. The molecule has 0 bridgehead atoms. The number of ether oxygens (including phenoxy) is 2. The third-order valence-electron chi connectivity index (χ3n) is 2.38. The topological polar surface area (TPSA) is 44.2 Å². The first-order valence-corrected chi connectivity index (χ1v) is 6.37. The molecule has 0 atom stereocenters. The molecule has 0 aromatic carbocycles. The van der Waals surface area contributed by atoms with Gasteiger partial charge in [-0.1, -0.05) is 11.6 Å². The average molecular weight is 269 g/mol. The van der Waals surface area contributed by atoms with Crippen molar-refractivity contribution in [3.8, 4) is 10.6 Å². The molecule has 3 rings (SSSR count). The first-order chi connectivity index (χ1) is 8.24. The van der Waals surface area contributed by atoms with Crippen LogP contribution >= 0.6 is 22.9 Å². The second kappa shape index (κ2) is 4.34. The molecule has 1 saturated heterocycles. The molecule has 0 aliphatic carbocycles. The Morgan fingerprint density at radius 1 is 1.41 bits per heavy atom. The zero-order valence-corrected chi connectivity index (χ0v) is 10.5. The highest BCUT2D eigenvalue weighted by molar-refractivity contribution is 7.13. The Kier molecular flexibility index (Phi) is 2.84. The largest absolute Gasteiger partial charge is 0.318 e. The van der Waals surface area contributed by atoms with Crippen LogP contribution < -0.4 is 0 Å². The summed E-state index contributed by atoms with van der Waals surface area (Å²) in [5.74, 6) is 0. The van der Waals surface area contributed by atoms with Crippen molar-refractivity contribution in [2.45, 2.75) is 19.5 Å². The summed E-state index contributed by atoms with van der Waals surface area (Å²) in [4.78, 5) is 8.47. The predicted molar refractivity (Wildman–Crippen MR) is 64.7 cm³/mol. The fourth-order valence-corrected chi connectivity index (χ4v) is 2.67. The van der Waals surface area contributed by atoms with Crippen LogP contribution in [0.1, 0.15) is 18.9 Å². The van der Waals surface area contributed by atoms with E-state index in [9.17, 15) is 0 Å². The molecule has 4 nitrogen and oxygen atoms in total. The number of halogens is 1. The third kappa shape index (κ3) is 2.07. The summed E-state index contributed by atoms with van der Waals surface area (Å²) in [6.45, 7) is 1.85. The zero-order chi connectivity index (χ0) is 11.8. The number of aromatic nitrogens is 2. The van der Waals surface area contributed by atoms with Crippen LogP contribution in [0.4, 0.5) is 0 Å². The molecule has 2 aromatic heterocycles. The molecule has 17 heavy (non-hydrogen) atoms. The first-order valence-electron chi connectivity index (χ1n) is 5.11. The van der Waals surface area contributed by atoms with Gasteiger partial charge in [0.1, 0.15) is 15.9 Å². The minimum absolute atomic E-state index is 0.146. The summed E-state index contributed by atoms with van der Waals surface area (Å²) in [6.07, 6.45) is 1.16. The van der Waals surface area contributed by atoms with E-state index in [0.29, 0.717) is 5.15 Å². The highest BCUT2D eigenvalue weighted by Crippen LogP contribution is 2.35. The summed E-state index contributed by atoms with van der Waals surface area (Å²) in [7, 11) is 0. The number of hydrogen-bond donors (Lipinski definition) is 0. The van der Waals surface area contributed by atoms with E-state index in [1.807, 2.05) is 24.4 Å². The lowest BCUT2D eigenvalue weighted by Crippen LogP contribution is -2.31. The SMILES string of the molecule is CC1OC(c2csc(-c3cccnc3Cl)n2)O1. The van der Waals surface area contributed by atoms with Crippen LogP contribution in [0.2, 0.25) is 5.15 Å². The van der Waals surface area contributed by atoms with Gasteiger partial charge in [0.05, 0.1) is 0 Å². The summed E-state index contributed by atoms with van der Waals surface area (Å²) in [5, 5.41) is 3.19. The van der Waals surface area contributed by atoms with Gasteiger partial charge < -0.3 is 9.47 Å². The second-order valence-corrected chi connectivity index (χ2v) is 4.81. The van der Waals surface area contributed by atoms with E-state index in [-0.39, 0.29) is 12.6 Å². The molecule has 1 fully saturated rings. The normalized spacial score (nSPS) is 23.4. The minimum Gasteiger partial charge on any atom is -0.318 e. The molecule has 0 N–H and O–H groups in total. The fraction of sp³-hybridized carbons (Fsp3) is 0.273. The van der Waals surface area contributed by atoms with Gasteiger partial charge in [0.2, 0.25) is 6.29 Å². The van der Waals surface area contributed by atoms with Crippen LogP contribution in [-0.4, -0.2) is 16.3 Å². The highest BCUT2D eigenvalue weighted by atomic mass is 35.5. The van der Waals surface area contributed by atoms with Crippen LogP contribution in [0.15, 0.2) is 23.7 Å². The quantitative estimate of drug-likeness (QED) is 0.785. The molecular weight excluding hydrogens is 260 g/mol. The summed E-state index contributed by atoms with van der Waals surface area (Å²) in [5.41, 5.74) is 1.61. The van der Waals surface area contributed by atoms with E-state index in [0.717, 1.165) is 16.3 Å². The van der Waals surface area contributed by atoms with Crippen LogP contribution in [0.5, 0.6) is 0 Å². The Balaban J connectivity index is 1.88. The maximum Gasteiger partial charge on any atom is 0.207 e. The van der Waals surface area contributed by atoms with Gasteiger partial charge >= 0.3 is 0 Å². The van der Waals surface area contributed by atoms with Crippen molar-refractivity contribution in [1.29, 1.82) is 0 Å². The lowest BCUT2D eigenvalue weighted by atomic mass is 10.3. The smallest absolute Gasteiger partial charge is 0.207 e. The molecular formula is C11H9ClN2O2S. The standard InChI is InChI=1S/C11H9ClN2O2S/c1-6-15-11(16-6)8-5-17-10(14-8)7-3-2-4-13-9(7)12/h2-6,11H,1H3. The van der Waals surface area contributed by atoms with Gasteiger partial charge in [0.25, 0.3) is 0 Å². The van der Waals surface area contributed by atoms with Gasteiger partial charge in [-0.05, 0) is 19.1 Å². The van der Waals surface area contributed by atoms with E-state index < -0.39 is 0 Å². The molecule has 0 spiro atoms. The number of nitrogens with zero attached hydrogens (tertiary/aromatic N) is 2. The Bertz CT molecular complexity index is 540. The molecule has 1 aliphatic heterocycles. The molecule has 88 valence electrons. The summed E-state index contributed by atoms with van der Waals surface area (Å²) in [6, 6.07) is 3.73. The van der Waals surface area contributed by atoms with E-state index >= 15 is 0 Å². The minimum atomic E-state index is -0.342. The van der Waals surface area contributed by atoms with Crippen molar-refractivity contribution in [2.75, 3.05) is 0 Å². The van der Waals surface area contributed by atoms with Crippen molar-refractivity contribution in [1.82, 2.24) is 9.97 Å². The lowest BCUT2D eigenvalue weighted by Gasteiger charge is -2.32. The van der Waals surface area contributed by atoms with Crippen molar-refractivity contribution < 1.29 is 9.47 Å². The van der Waals surface area contributed by atoms with Crippen molar-refractivity contribution >= 4 is 22.9 Å². The predicted octanol–water partition coefficient (Wildman–Crippen LogP) is 3.25. The number of pyridine rings is 1. The Hall–Kier alpha value is -1.01. The van der Waals surface area contributed by atoms with Gasteiger partial charge in [-0.2, -0.15) is 0 Å². The Morgan fingerprint density at radius 3 is 2.94 bits per heavy atom. The molecule has 2 aromatic rings. The van der Waals surface area contributed by atoms with Gasteiger partial charge in [-0.3, -0.25) is 0 Å². The van der Waals surface area contributed by atoms with Crippen molar-refractivity contribution in [2.24, 2.45) is 0 Å². The molecule has 0 saturated carbocycles. The molecule has 1 aliphatic rings. The maximum atomic E-state index is 6.01. The molecule has 3 heterocycles. The fourth-order valence-electron chi connectivity index (χ4n) is 1.56. The van der Waals surface area contributed by atoms with E-state index in [1.54, 1.807) is 6.20 Å². The molecule has 0 unspecified atom stereocenters. The van der Waals surface area contributed by atoms with Gasteiger partial charge in [-0.25, -0.2) is 9.97 Å². The lowest BCUT2D eigenvalue weighted by molar-refractivity contribution is -0.383. The second-order valence-electron chi connectivity index (χ2n) is 3.59. The summed E-state index contributed by atoms with van der Waals surface area (Å²) < 4.78 is 10.8. The maximum absolute atomic E-state index is 6.01. The number of hydrogen-bond acceptors (Lipinski definition) is 5. The number of thiazole rings is 1. The highest BCUT2D eigenvalue weighted by Gasteiger charge is 2.30. The van der Waals surface area contributed by atoms with Gasteiger partial charge in [0.15, 0.2) is 6.29 Å². The van der Waals surface area contributed by atoms with Crippen LogP contribution in [-0.2, 0) is 9.47 Å². The van der Waals surface area contributed by atoms with Gasteiger partial charge in [-0.15, -0.1) is 11.3 Å². The zero-order valence-electron chi connectivity index (χ0n) is 8.96. The van der Waals surface area contributed by atoms with Crippen molar-refractivity contribution in [3.05, 3.63) is 34.6 Å². The van der Waals surface area contributed by atoms with Crippen LogP contribution in [0.3, 0.4) is 0 Å². The average Bonchev–Trinajstić information content (AvgIpc) is 2.74. The van der Waals surface area contributed by atoms with Crippen molar-refractivity contribution in [3.63, 3.8) is 0 Å². The Labute approximate surface area is 107 Å². The van der Waals surface area contributed by atoms with Crippen LogP contribution in [0, 0.1) is 0 Å². The van der Waals surface area contributed by atoms with Gasteiger partial charge in [0, 0.05) is 17.1 Å². The number of rotatable bonds is 2. The first kappa shape index (κ1) is 11.1. The van der Waals surface area contributed by atoms with Crippen LogP contribution in [0.25, 0.3) is 10.6 Å².